The van der Waals surface area contributed by atoms with Crippen LogP contribution in [0.15, 0.2) is 73.6 Å². The predicted octanol–water partition coefficient (Wildman–Crippen LogP) is 4.87. The summed E-state index contributed by atoms with van der Waals surface area (Å²) >= 11 is 6.62. The van der Waals surface area contributed by atoms with E-state index in [2.05, 4.69) is 32.5 Å². The summed E-state index contributed by atoms with van der Waals surface area (Å²) in [5, 5.41) is 10.7. The van der Waals surface area contributed by atoms with Crippen LogP contribution in [-0.2, 0) is 9.53 Å². The third-order valence-electron chi connectivity index (χ3n) is 5.61. The molecule has 2 aromatic heterocycles. The summed E-state index contributed by atoms with van der Waals surface area (Å²) in [6.45, 7) is 5.77. The van der Waals surface area contributed by atoms with Gasteiger partial charge < -0.3 is 20.7 Å². The van der Waals surface area contributed by atoms with E-state index in [0.29, 0.717) is 28.8 Å². The van der Waals surface area contributed by atoms with E-state index in [4.69, 9.17) is 21.3 Å². The van der Waals surface area contributed by atoms with Crippen LogP contribution < -0.4 is 16.0 Å². The van der Waals surface area contributed by atoms with Crippen LogP contribution in [0.25, 0.3) is 22.0 Å². The smallest absolute Gasteiger partial charge is 0.247 e. The largest absolute Gasteiger partial charge is 0.369 e. The fraction of sp³-hybridized carbons (Fsp3) is 0.154. The number of nitrogens with one attached hydrogen (secondary N) is 3. The molecule has 1 fully saturated rings. The number of benzene rings is 2. The minimum absolute atomic E-state index is 0.0496. The molecule has 1 atom stereocenters. The molecule has 2 aromatic carbocycles. The van der Waals surface area contributed by atoms with Gasteiger partial charge in [-0.3, -0.25) is 9.78 Å². The Morgan fingerprint density at radius 1 is 1.14 bits per heavy atom. The number of nitrogens with zero attached hydrogens (tertiary/aromatic N) is 3. The standard InChI is InChI=1S/C26H23ClN6O2/c1-2-23(34)31-18-5-3-4-16(12-18)24-20(27)8-6-17-13-30-26(33-25(17)24)32-19-7-9-21(29-14-19)22-15-28-10-11-35-22/h2-9,12-14,22,28H,1,10-11,15H2,(H,31,34)(H,30,32,33). The average Bonchev–Trinajstić information content (AvgIpc) is 2.89. The van der Waals surface area contributed by atoms with Crippen molar-refractivity contribution in [2.45, 2.75) is 6.10 Å². The summed E-state index contributed by atoms with van der Waals surface area (Å²) in [6, 6.07) is 15.0. The highest BCUT2D eigenvalue weighted by atomic mass is 35.5. The molecule has 35 heavy (non-hydrogen) atoms. The molecule has 176 valence electrons. The number of aromatic nitrogens is 3. The summed E-state index contributed by atoms with van der Waals surface area (Å²) in [6.07, 6.45) is 4.66. The van der Waals surface area contributed by atoms with E-state index in [1.165, 1.54) is 6.08 Å². The SMILES string of the molecule is C=CC(=O)Nc1cccc(-c2c(Cl)ccc3cnc(Nc4ccc(C5CNCCO5)nc4)nc23)c1. The van der Waals surface area contributed by atoms with Gasteiger partial charge in [0.25, 0.3) is 0 Å². The normalized spacial score (nSPS) is 15.5. The molecular formula is C26H23ClN6O2. The molecule has 9 heteroatoms. The predicted molar refractivity (Wildman–Crippen MR) is 138 cm³/mol. The van der Waals surface area contributed by atoms with E-state index < -0.39 is 0 Å². The maximum Gasteiger partial charge on any atom is 0.247 e. The third kappa shape index (κ3) is 5.14. The number of hydrogen-bond donors (Lipinski definition) is 3. The Kier molecular flexibility index (Phi) is 6.67. The zero-order chi connectivity index (χ0) is 24.2. The number of rotatable bonds is 6. The summed E-state index contributed by atoms with van der Waals surface area (Å²) in [4.78, 5) is 25.5. The Labute approximate surface area is 207 Å². The van der Waals surface area contributed by atoms with Crippen molar-refractivity contribution in [3.63, 3.8) is 0 Å². The van der Waals surface area contributed by atoms with Gasteiger partial charge in [-0.05, 0) is 48.0 Å². The number of anilines is 3. The summed E-state index contributed by atoms with van der Waals surface area (Å²) < 4.78 is 5.76. The fourth-order valence-corrected chi connectivity index (χ4v) is 4.17. The Balaban J connectivity index is 1.45. The molecule has 0 aliphatic carbocycles. The van der Waals surface area contributed by atoms with Gasteiger partial charge in [0.1, 0.15) is 6.10 Å². The van der Waals surface area contributed by atoms with E-state index in [9.17, 15) is 4.79 Å². The lowest BCUT2D eigenvalue weighted by Crippen LogP contribution is -2.33. The topological polar surface area (TPSA) is 101 Å². The van der Waals surface area contributed by atoms with Gasteiger partial charge in [0.15, 0.2) is 0 Å². The monoisotopic (exact) mass is 486 g/mol. The lowest BCUT2D eigenvalue weighted by atomic mass is 10.0. The first-order valence-corrected chi connectivity index (χ1v) is 11.5. The Bertz CT molecular complexity index is 1390. The van der Waals surface area contributed by atoms with Crippen molar-refractivity contribution in [2.24, 2.45) is 0 Å². The molecule has 0 radical (unpaired) electrons. The second-order valence-electron chi connectivity index (χ2n) is 7.99. The van der Waals surface area contributed by atoms with E-state index in [1.807, 2.05) is 42.5 Å². The number of halogens is 1. The van der Waals surface area contributed by atoms with Gasteiger partial charge in [0, 0.05) is 35.9 Å². The number of fused-ring (bicyclic) bond motifs is 1. The first kappa shape index (κ1) is 22.9. The minimum atomic E-state index is -0.286. The molecular weight excluding hydrogens is 464 g/mol. The van der Waals surface area contributed by atoms with Gasteiger partial charge in [0.2, 0.25) is 11.9 Å². The van der Waals surface area contributed by atoms with Crippen LogP contribution in [0, 0.1) is 0 Å². The van der Waals surface area contributed by atoms with Crippen molar-refractivity contribution in [1.82, 2.24) is 20.3 Å². The van der Waals surface area contributed by atoms with Crippen molar-refractivity contribution >= 4 is 45.7 Å². The fourth-order valence-electron chi connectivity index (χ4n) is 3.91. The summed E-state index contributed by atoms with van der Waals surface area (Å²) in [5.41, 5.74) is 4.53. The lowest BCUT2D eigenvalue weighted by molar-refractivity contribution is -0.111. The zero-order valence-electron chi connectivity index (χ0n) is 18.8. The van der Waals surface area contributed by atoms with E-state index in [0.717, 1.165) is 41.0 Å². The first-order valence-electron chi connectivity index (χ1n) is 11.1. The van der Waals surface area contributed by atoms with Gasteiger partial charge in [-0.15, -0.1) is 0 Å². The molecule has 4 aromatic rings. The molecule has 1 unspecified atom stereocenters. The van der Waals surface area contributed by atoms with Crippen molar-refractivity contribution < 1.29 is 9.53 Å². The molecule has 1 aliphatic heterocycles. The van der Waals surface area contributed by atoms with Gasteiger partial charge in [0.05, 0.1) is 34.7 Å². The van der Waals surface area contributed by atoms with Crippen LogP contribution in [-0.4, -0.2) is 40.6 Å². The quantitative estimate of drug-likeness (QED) is 0.334. The van der Waals surface area contributed by atoms with Crippen LogP contribution in [0.1, 0.15) is 11.8 Å². The number of ether oxygens (including phenoxy) is 1. The van der Waals surface area contributed by atoms with Crippen LogP contribution in [0.4, 0.5) is 17.3 Å². The van der Waals surface area contributed by atoms with Crippen LogP contribution in [0.2, 0.25) is 5.02 Å². The Morgan fingerprint density at radius 2 is 2.06 bits per heavy atom. The van der Waals surface area contributed by atoms with Crippen LogP contribution in [0.5, 0.6) is 0 Å². The average molecular weight is 487 g/mol. The van der Waals surface area contributed by atoms with Gasteiger partial charge in [-0.1, -0.05) is 30.3 Å². The molecule has 1 aliphatic rings. The Morgan fingerprint density at radius 3 is 2.83 bits per heavy atom. The lowest BCUT2D eigenvalue weighted by Gasteiger charge is -2.23. The molecule has 3 N–H and O–H groups in total. The molecule has 1 amide bonds. The van der Waals surface area contributed by atoms with E-state index in [-0.39, 0.29) is 12.0 Å². The highest BCUT2D eigenvalue weighted by Crippen LogP contribution is 2.35. The van der Waals surface area contributed by atoms with Gasteiger partial charge in [-0.25, -0.2) is 9.97 Å². The minimum Gasteiger partial charge on any atom is -0.369 e. The summed E-state index contributed by atoms with van der Waals surface area (Å²) in [7, 11) is 0. The number of hydrogen-bond acceptors (Lipinski definition) is 7. The first-order chi connectivity index (χ1) is 17.1. The van der Waals surface area contributed by atoms with Crippen LogP contribution in [0.3, 0.4) is 0 Å². The van der Waals surface area contributed by atoms with E-state index >= 15 is 0 Å². The molecule has 8 nitrogen and oxygen atoms in total. The van der Waals surface area contributed by atoms with Crippen molar-refractivity contribution in [2.75, 3.05) is 30.3 Å². The van der Waals surface area contributed by atoms with Crippen LogP contribution >= 0.6 is 11.6 Å². The second kappa shape index (κ2) is 10.2. The molecule has 1 saturated heterocycles. The molecule has 0 saturated carbocycles. The molecule has 3 heterocycles. The van der Waals surface area contributed by atoms with Gasteiger partial charge >= 0.3 is 0 Å². The molecule has 5 rings (SSSR count). The second-order valence-corrected chi connectivity index (χ2v) is 8.40. The number of morpholine rings is 1. The van der Waals surface area contributed by atoms with Crippen molar-refractivity contribution in [3.8, 4) is 11.1 Å². The van der Waals surface area contributed by atoms with Gasteiger partial charge in [-0.2, -0.15) is 0 Å². The highest BCUT2D eigenvalue weighted by Gasteiger charge is 2.17. The summed E-state index contributed by atoms with van der Waals surface area (Å²) in [5.74, 6) is 0.133. The maximum absolute atomic E-state index is 11.7. The third-order valence-corrected chi connectivity index (χ3v) is 5.92. The number of carbonyl (C=O) groups excluding carboxylic acids is 1. The molecule has 0 spiro atoms. The van der Waals surface area contributed by atoms with Crippen molar-refractivity contribution in [3.05, 3.63) is 84.3 Å². The Hall–Kier alpha value is -3.85. The van der Waals surface area contributed by atoms with E-state index in [1.54, 1.807) is 18.5 Å². The van der Waals surface area contributed by atoms with Crippen molar-refractivity contribution in [1.29, 1.82) is 0 Å². The highest BCUT2D eigenvalue weighted by molar-refractivity contribution is 6.35. The maximum atomic E-state index is 11.7. The molecule has 0 bridgehead atoms. The number of carbonyl (C=O) groups is 1. The number of amides is 1. The zero-order valence-corrected chi connectivity index (χ0v) is 19.5. The number of pyridine rings is 1.